The predicted molar refractivity (Wildman–Crippen MR) is 114 cm³/mol. The topological polar surface area (TPSA) is 43.8 Å². The van der Waals surface area contributed by atoms with Crippen molar-refractivity contribution in [1.82, 2.24) is 19.4 Å². The highest BCUT2D eigenvalue weighted by molar-refractivity contribution is 6.00. The number of hydrogen-bond acceptors (Lipinski definition) is 4. The Morgan fingerprint density at radius 1 is 1.04 bits per heavy atom. The van der Waals surface area contributed by atoms with Gasteiger partial charge in [-0.25, -0.2) is 0 Å². The zero-order valence-electron chi connectivity index (χ0n) is 17.0. The molecule has 6 nitrogen and oxygen atoms in total. The molecule has 1 amide bonds. The number of aryl methyl sites for hydroxylation is 1. The van der Waals surface area contributed by atoms with Gasteiger partial charge in [0.25, 0.3) is 5.91 Å². The minimum atomic E-state index is 0.00220. The van der Waals surface area contributed by atoms with Gasteiger partial charge in [0.1, 0.15) is 0 Å². The predicted octanol–water partition coefficient (Wildman–Crippen LogP) is 1.90. The van der Waals surface area contributed by atoms with E-state index < -0.39 is 0 Å². The molecule has 0 atom stereocenters. The van der Waals surface area contributed by atoms with E-state index in [1.165, 1.54) is 5.56 Å². The first-order chi connectivity index (χ1) is 13.6. The van der Waals surface area contributed by atoms with Crippen LogP contribution in [0.1, 0.15) is 12.0 Å². The SMILES string of the molecule is Cc1ccc2c(ccn2NC(=O)C2=CCCN(CCN3CCN(C)CC3)C2)c1. The number of piperazine rings is 1. The average molecular weight is 382 g/mol. The molecule has 150 valence electrons. The summed E-state index contributed by atoms with van der Waals surface area (Å²) in [5.74, 6) is 0.00220. The van der Waals surface area contributed by atoms with Crippen LogP contribution in [0.2, 0.25) is 0 Å². The standard InChI is InChI=1S/C22H31N5O/c1-18-5-6-21-19(16-18)7-9-27(21)23-22(28)20-4-3-8-26(17-20)15-14-25-12-10-24(2)11-13-25/h4-7,9,16H,3,8,10-15,17H2,1-2H3,(H,23,28). The van der Waals surface area contributed by atoms with Crippen molar-refractivity contribution in [1.29, 1.82) is 0 Å². The maximum absolute atomic E-state index is 12.8. The fourth-order valence-electron chi connectivity index (χ4n) is 4.06. The van der Waals surface area contributed by atoms with Crippen LogP contribution in [0, 0.1) is 6.92 Å². The number of aromatic nitrogens is 1. The van der Waals surface area contributed by atoms with Gasteiger partial charge in [-0.15, -0.1) is 0 Å². The van der Waals surface area contributed by atoms with Crippen LogP contribution < -0.4 is 5.43 Å². The highest BCUT2D eigenvalue weighted by Crippen LogP contribution is 2.17. The van der Waals surface area contributed by atoms with Gasteiger partial charge in [0.05, 0.1) is 5.52 Å². The molecule has 1 saturated heterocycles. The van der Waals surface area contributed by atoms with E-state index >= 15 is 0 Å². The number of fused-ring (bicyclic) bond motifs is 1. The molecule has 0 spiro atoms. The van der Waals surface area contributed by atoms with Gasteiger partial charge in [0.15, 0.2) is 0 Å². The summed E-state index contributed by atoms with van der Waals surface area (Å²) in [7, 11) is 2.19. The van der Waals surface area contributed by atoms with Gasteiger partial charge in [-0.2, -0.15) is 0 Å². The van der Waals surface area contributed by atoms with E-state index in [1.54, 1.807) is 0 Å². The van der Waals surface area contributed by atoms with Crippen LogP contribution in [-0.2, 0) is 4.79 Å². The van der Waals surface area contributed by atoms with E-state index in [9.17, 15) is 4.79 Å². The molecule has 2 aromatic rings. The summed E-state index contributed by atoms with van der Waals surface area (Å²) in [6.45, 7) is 10.6. The number of carbonyl (C=O) groups excluding carboxylic acids is 1. The van der Waals surface area contributed by atoms with E-state index in [4.69, 9.17) is 0 Å². The van der Waals surface area contributed by atoms with Crippen molar-refractivity contribution in [3.05, 3.63) is 47.7 Å². The van der Waals surface area contributed by atoms with Gasteiger partial charge < -0.3 is 4.90 Å². The van der Waals surface area contributed by atoms with Crippen LogP contribution in [0.3, 0.4) is 0 Å². The Morgan fingerprint density at radius 3 is 2.64 bits per heavy atom. The molecule has 0 radical (unpaired) electrons. The molecule has 1 fully saturated rings. The summed E-state index contributed by atoms with van der Waals surface area (Å²) in [5, 5.41) is 1.15. The second kappa shape index (κ2) is 8.47. The van der Waals surface area contributed by atoms with Gasteiger partial charge in [0, 0.05) is 69.5 Å². The minimum Gasteiger partial charge on any atom is -0.304 e. The molecule has 28 heavy (non-hydrogen) atoms. The third-order valence-electron chi connectivity index (χ3n) is 5.92. The van der Waals surface area contributed by atoms with Crippen molar-refractivity contribution in [3.8, 4) is 0 Å². The third kappa shape index (κ3) is 4.46. The number of benzene rings is 1. The highest BCUT2D eigenvalue weighted by Gasteiger charge is 2.20. The number of carbonyl (C=O) groups is 1. The Kier molecular flexibility index (Phi) is 5.80. The summed E-state index contributed by atoms with van der Waals surface area (Å²) < 4.78 is 1.83. The van der Waals surface area contributed by atoms with Crippen molar-refractivity contribution in [3.63, 3.8) is 0 Å². The van der Waals surface area contributed by atoms with Crippen LogP contribution in [0.25, 0.3) is 10.9 Å². The lowest BCUT2D eigenvalue weighted by Gasteiger charge is -2.34. The number of rotatable bonds is 5. The van der Waals surface area contributed by atoms with Gasteiger partial charge in [-0.05, 0) is 38.6 Å². The first-order valence-corrected chi connectivity index (χ1v) is 10.3. The molecular weight excluding hydrogens is 350 g/mol. The number of nitrogens with zero attached hydrogens (tertiary/aromatic N) is 4. The number of nitrogens with one attached hydrogen (secondary N) is 1. The van der Waals surface area contributed by atoms with Crippen LogP contribution in [0.4, 0.5) is 0 Å². The molecule has 0 aliphatic carbocycles. The molecule has 4 rings (SSSR count). The molecule has 0 unspecified atom stereocenters. The Balaban J connectivity index is 1.32. The molecule has 3 heterocycles. The Hall–Kier alpha value is -2.15. The third-order valence-corrected chi connectivity index (χ3v) is 5.92. The summed E-state index contributed by atoms with van der Waals surface area (Å²) >= 11 is 0. The Morgan fingerprint density at radius 2 is 1.82 bits per heavy atom. The van der Waals surface area contributed by atoms with E-state index in [0.717, 1.165) is 75.3 Å². The maximum Gasteiger partial charge on any atom is 0.267 e. The van der Waals surface area contributed by atoms with Gasteiger partial charge in [0.2, 0.25) is 0 Å². The molecule has 0 bridgehead atoms. The molecule has 6 heteroatoms. The van der Waals surface area contributed by atoms with Crippen LogP contribution in [0.15, 0.2) is 42.1 Å². The fourth-order valence-corrected chi connectivity index (χ4v) is 4.06. The van der Waals surface area contributed by atoms with E-state index in [-0.39, 0.29) is 5.91 Å². The molecule has 1 N–H and O–H groups in total. The smallest absolute Gasteiger partial charge is 0.267 e. The van der Waals surface area contributed by atoms with Crippen molar-refractivity contribution in [2.45, 2.75) is 13.3 Å². The zero-order chi connectivity index (χ0) is 19.5. The van der Waals surface area contributed by atoms with E-state index in [1.807, 2.05) is 16.9 Å². The molecule has 2 aliphatic rings. The summed E-state index contributed by atoms with van der Waals surface area (Å²) in [6, 6.07) is 8.31. The van der Waals surface area contributed by atoms with E-state index in [2.05, 4.69) is 58.4 Å². The lowest BCUT2D eigenvalue weighted by atomic mass is 10.1. The monoisotopic (exact) mass is 381 g/mol. The molecule has 2 aliphatic heterocycles. The summed E-state index contributed by atoms with van der Waals surface area (Å²) in [5.41, 5.74) is 6.18. The molecule has 1 aromatic heterocycles. The maximum atomic E-state index is 12.8. The van der Waals surface area contributed by atoms with Crippen molar-refractivity contribution in [2.24, 2.45) is 0 Å². The van der Waals surface area contributed by atoms with Crippen LogP contribution in [-0.4, -0.2) is 84.7 Å². The van der Waals surface area contributed by atoms with Gasteiger partial charge in [-0.1, -0.05) is 17.7 Å². The van der Waals surface area contributed by atoms with Gasteiger partial charge >= 0.3 is 0 Å². The van der Waals surface area contributed by atoms with Gasteiger partial charge in [-0.3, -0.25) is 24.7 Å². The lowest BCUT2D eigenvalue weighted by molar-refractivity contribution is -0.114. The Bertz CT molecular complexity index is 863. The van der Waals surface area contributed by atoms with Crippen molar-refractivity contribution < 1.29 is 4.79 Å². The number of amides is 1. The second-order valence-corrected chi connectivity index (χ2v) is 8.13. The fraction of sp³-hybridized carbons (Fsp3) is 0.500. The second-order valence-electron chi connectivity index (χ2n) is 8.13. The first kappa shape index (κ1) is 19.2. The number of likely N-dealkylation sites (N-methyl/N-ethyl adjacent to an activating group) is 1. The van der Waals surface area contributed by atoms with E-state index in [0.29, 0.717) is 0 Å². The first-order valence-electron chi connectivity index (χ1n) is 10.3. The highest BCUT2D eigenvalue weighted by atomic mass is 16.2. The summed E-state index contributed by atoms with van der Waals surface area (Å²) in [6.07, 6.45) is 4.96. The van der Waals surface area contributed by atoms with Crippen molar-refractivity contribution in [2.75, 3.05) is 64.8 Å². The Labute approximate surface area is 167 Å². The lowest BCUT2D eigenvalue weighted by Crippen LogP contribution is -2.47. The quantitative estimate of drug-likeness (QED) is 0.859. The van der Waals surface area contributed by atoms with Crippen LogP contribution >= 0.6 is 0 Å². The number of hydrogen-bond donors (Lipinski definition) is 1. The van der Waals surface area contributed by atoms with Crippen molar-refractivity contribution >= 4 is 16.8 Å². The summed E-state index contributed by atoms with van der Waals surface area (Å²) in [4.78, 5) is 20.1. The largest absolute Gasteiger partial charge is 0.304 e. The molecular formula is C22H31N5O. The normalized spacial score (nSPS) is 19.7. The molecule has 1 aromatic carbocycles. The zero-order valence-corrected chi connectivity index (χ0v) is 17.0. The molecule has 0 saturated carbocycles. The van der Waals surface area contributed by atoms with Crippen LogP contribution in [0.5, 0.6) is 0 Å². The minimum absolute atomic E-state index is 0.00220. The average Bonchev–Trinajstić information content (AvgIpc) is 3.09.